The van der Waals surface area contributed by atoms with Crippen LogP contribution in [0.1, 0.15) is 121 Å². The molecule has 284 valence electrons. The minimum absolute atomic E-state index is 0.155. The molecule has 2 aromatic heterocycles. The summed E-state index contributed by atoms with van der Waals surface area (Å²) in [6.07, 6.45) is 11.2. The first-order valence-electron chi connectivity index (χ1n) is 19.6. The maximum absolute atomic E-state index is 13.4. The van der Waals surface area contributed by atoms with Crippen LogP contribution >= 0.6 is 0 Å². The van der Waals surface area contributed by atoms with Crippen molar-refractivity contribution in [3.8, 4) is 45.1 Å². The lowest BCUT2D eigenvalue weighted by atomic mass is 9.87. The molecule has 9 rings (SSSR count). The van der Waals surface area contributed by atoms with Gasteiger partial charge < -0.3 is 28.9 Å². The van der Waals surface area contributed by atoms with Gasteiger partial charge in [0.15, 0.2) is 0 Å². The van der Waals surface area contributed by atoms with E-state index in [2.05, 4.69) is 34.2 Å². The van der Waals surface area contributed by atoms with Crippen molar-refractivity contribution in [1.29, 1.82) is 0 Å². The molecule has 0 radical (unpaired) electrons. The number of likely N-dealkylation sites (tertiary alicyclic amines) is 2. The van der Waals surface area contributed by atoms with E-state index in [0.29, 0.717) is 26.3 Å². The molecule has 0 bridgehead atoms. The molecule has 1 saturated carbocycles. The largest absolute Gasteiger partial charge is 0.488 e. The molecule has 2 amide bonds. The summed E-state index contributed by atoms with van der Waals surface area (Å²) in [5.74, 6) is 3.95. The zero-order chi connectivity index (χ0) is 37.4. The Kier molecular flexibility index (Phi) is 8.42. The molecule has 2 aromatic carbocycles. The lowest BCUT2D eigenvalue weighted by Gasteiger charge is -2.30. The number of hydrogen-bond donors (Lipinski definition) is 2. The highest BCUT2D eigenvalue weighted by atomic mass is 16.6. The van der Waals surface area contributed by atoms with E-state index in [0.717, 1.165) is 112 Å². The van der Waals surface area contributed by atoms with Crippen LogP contribution in [-0.4, -0.2) is 66.2 Å². The average Bonchev–Trinajstić information content (AvgIpc) is 3.62. The van der Waals surface area contributed by atoms with Gasteiger partial charge in [-0.2, -0.15) is 0 Å². The third kappa shape index (κ3) is 6.68. The van der Waals surface area contributed by atoms with Gasteiger partial charge in [-0.25, -0.2) is 19.6 Å². The average molecular weight is 735 g/mol. The van der Waals surface area contributed by atoms with E-state index in [9.17, 15) is 9.59 Å². The second-order valence-electron chi connectivity index (χ2n) is 17.3. The number of aromatic amines is 2. The lowest BCUT2D eigenvalue weighted by Crippen LogP contribution is -2.38. The molecule has 4 aliphatic heterocycles. The van der Waals surface area contributed by atoms with Gasteiger partial charge in [0.1, 0.15) is 47.6 Å². The third-order valence-electron chi connectivity index (χ3n) is 11.4. The number of nitrogens with one attached hydrogen (secondary N) is 2. The predicted octanol–water partition coefficient (Wildman–Crippen LogP) is 9.23. The maximum Gasteiger partial charge on any atom is 0.410 e. The fourth-order valence-electron chi connectivity index (χ4n) is 8.46. The van der Waals surface area contributed by atoms with Gasteiger partial charge in [-0.05, 0) is 103 Å². The van der Waals surface area contributed by atoms with Crippen molar-refractivity contribution in [2.75, 3.05) is 13.1 Å². The summed E-state index contributed by atoms with van der Waals surface area (Å²) in [6.45, 7) is 11.8. The smallest absolute Gasteiger partial charge is 0.410 e. The first kappa shape index (κ1) is 34.7. The van der Waals surface area contributed by atoms with Crippen molar-refractivity contribution in [2.45, 2.75) is 122 Å². The van der Waals surface area contributed by atoms with E-state index in [1.54, 1.807) is 4.90 Å². The van der Waals surface area contributed by atoms with E-state index in [-0.39, 0.29) is 24.3 Å². The molecule has 6 heterocycles. The Morgan fingerprint density at radius 1 is 0.741 bits per heavy atom. The number of carbonyl (C=O) groups is 2. The van der Waals surface area contributed by atoms with Crippen molar-refractivity contribution in [1.82, 2.24) is 29.7 Å². The van der Waals surface area contributed by atoms with Crippen molar-refractivity contribution >= 4 is 12.2 Å². The minimum Gasteiger partial charge on any atom is -0.488 e. The first-order valence-corrected chi connectivity index (χ1v) is 19.6. The number of rotatable bonds is 8. The molecule has 2 atom stereocenters. The highest BCUT2D eigenvalue weighted by Gasteiger charge is 2.38. The summed E-state index contributed by atoms with van der Waals surface area (Å²) >= 11 is 0. The second-order valence-corrected chi connectivity index (χ2v) is 17.3. The number of hydrogen-bond acceptors (Lipinski definition) is 8. The number of imidazole rings is 2. The van der Waals surface area contributed by atoms with Crippen LogP contribution in [-0.2, 0) is 22.7 Å². The Bertz CT molecular complexity index is 2060. The fraction of sp³-hybridized carbons (Fsp3) is 0.524. The quantitative estimate of drug-likeness (QED) is 0.183. The summed E-state index contributed by atoms with van der Waals surface area (Å²) in [5, 5.41) is 0. The molecule has 3 fully saturated rings. The molecule has 5 aliphatic rings. The Morgan fingerprint density at radius 3 is 1.72 bits per heavy atom. The van der Waals surface area contributed by atoms with Gasteiger partial charge in [0.2, 0.25) is 0 Å². The zero-order valence-electron chi connectivity index (χ0n) is 31.9. The zero-order valence-corrected chi connectivity index (χ0v) is 31.9. The highest BCUT2D eigenvalue weighted by Crippen LogP contribution is 2.51. The number of amides is 2. The molecule has 4 aromatic rings. The van der Waals surface area contributed by atoms with Crippen LogP contribution < -0.4 is 9.47 Å². The monoisotopic (exact) mass is 734 g/mol. The molecule has 2 N–H and O–H groups in total. The molecule has 2 saturated heterocycles. The Morgan fingerprint density at radius 2 is 1.24 bits per heavy atom. The van der Waals surface area contributed by atoms with E-state index in [4.69, 9.17) is 28.9 Å². The number of aromatic nitrogens is 4. The Hall–Kier alpha value is -5.00. The van der Waals surface area contributed by atoms with Gasteiger partial charge >= 0.3 is 12.2 Å². The van der Waals surface area contributed by atoms with Crippen molar-refractivity contribution in [2.24, 2.45) is 5.92 Å². The summed E-state index contributed by atoms with van der Waals surface area (Å²) < 4.78 is 24.6. The van der Waals surface area contributed by atoms with Crippen LogP contribution in [0.15, 0.2) is 36.7 Å². The predicted molar refractivity (Wildman–Crippen MR) is 202 cm³/mol. The molecular formula is C42H50N6O6. The van der Waals surface area contributed by atoms with Crippen molar-refractivity contribution < 1.29 is 28.5 Å². The van der Waals surface area contributed by atoms with Crippen molar-refractivity contribution in [3.63, 3.8) is 0 Å². The SMILES string of the molecule is CC(C)(C)OC(=O)N1CCC[C@H]1c1ncc(-c2cc3c4c(c2)OCc2cc(-c5cnc([C@@H]6CCCN6C(=O)OC(C)(C)CCC6CC6)[nH]5)cc(c2-4)OC3)[nH]1. The summed E-state index contributed by atoms with van der Waals surface area (Å²) in [6, 6.07) is 8.11. The number of H-pyrrole nitrogens is 2. The van der Waals surface area contributed by atoms with Crippen molar-refractivity contribution in [3.05, 3.63) is 59.4 Å². The minimum atomic E-state index is -0.560. The maximum atomic E-state index is 13.4. The van der Waals surface area contributed by atoms with Crippen LogP contribution in [0.5, 0.6) is 11.5 Å². The highest BCUT2D eigenvalue weighted by molar-refractivity contribution is 5.88. The van der Waals surface area contributed by atoms with Gasteiger partial charge in [0, 0.05) is 46.5 Å². The summed E-state index contributed by atoms with van der Waals surface area (Å²) in [7, 11) is 0. The van der Waals surface area contributed by atoms with Crippen LogP contribution in [0.25, 0.3) is 33.6 Å². The number of nitrogens with zero attached hydrogens (tertiary/aromatic N) is 4. The Balaban J connectivity index is 0.928. The molecule has 54 heavy (non-hydrogen) atoms. The molecular weight excluding hydrogens is 684 g/mol. The topological polar surface area (TPSA) is 135 Å². The third-order valence-corrected chi connectivity index (χ3v) is 11.4. The van der Waals surface area contributed by atoms with Crippen LogP contribution in [0.2, 0.25) is 0 Å². The van der Waals surface area contributed by atoms with Gasteiger partial charge in [-0.15, -0.1) is 0 Å². The molecule has 1 aliphatic carbocycles. The first-order chi connectivity index (χ1) is 25.9. The van der Waals surface area contributed by atoms with Crippen LogP contribution in [0.4, 0.5) is 9.59 Å². The number of carbonyl (C=O) groups excluding carboxylic acids is 2. The normalized spacial score (nSPS) is 20.4. The standard InChI is InChI=1S/C42H50N6O6/c1-41(2,3)53-39(49)47-14-6-8-31(47)37-43-20-29(45-37)25-16-27-22-52-34-19-26(17-28-23-51-33(18-25)35(27)36(28)34)30-21-44-38(46-30)32-9-7-15-48(32)40(50)54-42(4,5)13-12-24-10-11-24/h16-21,24,31-32H,6-15,22-23H2,1-5H3,(H,43,45)(H,44,46)/t31-,32-/m0/s1. The summed E-state index contributed by atoms with van der Waals surface area (Å²) in [4.78, 5) is 46.4. The fourth-order valence-corrected chi connectivity index (χ4v) is 8.46. The second kappa shape index (κ2) is 13.1. The summed E-state index contributed by atoms with van der Waals surface area (Å²) in [5.41, 5.74) is 6.80. The Labute approximate surface area is 315 Å². The van der Waals surface area contributed by atoms with Gasteiger partial charge in [-0.1, -0.05) is 12.8 Å². The van der Waals surface area contributed by atoms with E-state index in [1.165, 1.54) is 12.8 Å². The molecule has 12 heteroatoms. The van der Waals surface area contributed by atoms with E-state index in [1.807, 2.05) is 51.9 Å². The number of benzene rings is 2. The van der Waals surface area contributed by atoms with E-state index >= 15 is 0 Å². The number of ether oxygens (including phenoxy) is 4. The van der Waals surface area contributed by atoms with Gasteiger partial charge in [-0.3, -0.25) is 9.80 Å². The van der Waals surface area contributed by atoms with Crippen LogP contribution in [0.3, 0.4) is 0 Å². The molecule has 0 spiro atoms. The van der Waals surface area contributed by atoms with Crippen LogP contribution in [0, 0.1) is 5.92 Å². The molecule has 0 unspecified atom stereocenters. The van der Waals surface area contributed by atoms with Gasteiger partial charge in [0.05, 0.1) is 35.9 Å². The lowest BCUT2D eigenvalue weighted by molar-refractivity contribution is 0.00383. The van der Waals surface area contributed by atoms with E-state index < -0.39 is 11.2 Å². The van der Waals surface area contributed by atoms with Gasteiger partial charge in [0.25, 0.3) is 0 Å². The molecule has 12 nitrogen and oxygen atoms in total.